The maximum absolute atomic E-state index is 12.8. The molecule has 3 aromatic rings. The van der Waals surface area contributed by atoms with E-state index in [1.807, 2.05) is 47.4 Å². The summed E-state index contributed by atoms with van der Waals surface area (Å²) in [6, 6.07) is 15.3. The number of piperidine rings is 1. The second-order valence-corrected chi connectivity index (χ2v) is 6.21. The summed E-state index contributed by atoms with van der Waals surface area (Å²) < 4.78 is 5.99. The van der Waals surface area contributed by atoms with Crippen molar-refractivity contribution >= 4 is 16.8 Å². The van der Waals surface area contributed by atoms with E-state index < -0.39 is 0 Å². The minimum Gasteiger partial charge on any atom is -0.488 e. The Labute approximate surface area is 146 Å². The Balaban J connectivity index is 1.49. The Bertz CT molecular complexity index is 882. The third kappa shape index (κ3) is 3.45. The Hall–Kier alpha value is -2.95. The summed E-state index contributed by atoms with van der Waals surface area (Å²) in [5.74, 6) is 0.756. The van der Waals surface area contributed by atoms with Gasteiger partial charge < -0.3 is 9.64 Å². The third-order valence-corrected chi connectivity index (χ3v) is 4.44. The van der Waals surface area contributed by atoms with Gasteiger partial charge in [0.2, 0.25) is 0 Å². The van der Waals surface area contributed by atoms with Crippen LogP contribution in [0, 0.1) is 0 Å². The van der Waals surface area contributed by atoms with Gasteiger partial charge in [-0.25, -0.2) is 4.98 Å². The van der Waals surface area contributed by atoms with Crippen molar-refractivity contribution in [1.82, 2.24) is 14.9 Å². The molecule has 1 aliphatic heterocycles. The van der Waals surface area contributed by atoms with Gasteiger partial charge in [-0.3, -0.25) is 9.78 Å². The fourth-order valence-corrected chi connectivity index (χ4v) is 3.18. The number of carbonyl (C=O) groups is 1. The summed E-state index contributed by atoms with van der Waals surface area (Å²) in [4.78, 5) is 23.2. The molecule has 1 saturated heterocycles. The summed E-state index contributed by atoms with van der Waals surface area (Å²) in [6.45, 7) is 1.32. The molecule has 4 rings (SSSR count). The Morgan fingerprint density at radius 2 is 1.92 bits per heavy atom. The second-order valence-electron chi connectivity index (χ2n) is 6.21. The number of hydrogen-bond acceptors (Lipinski definition) is 4. The lowest BCUT2D eigenvalue weighted by Crippen LogP contribution is -2.44. The smallest absolute Gasteiger partial charge is 0.272 e. The number of pyridine rings is 2. The van der Waals surface area contributed by atoms with Crippen molar-refractivity contribution in [2.24, 2.45) is 0 Å². The number of nitrogens with zero attached hydrogens (tertiary/aromatic N) is 3. The average molecular weight is 333 g/mol. The lowest BCUT2D eigenvalue weighted by atomic mass is 10.1. The Morgan fingerprint density at radius 3 is 2.80 bits per heavy atom. The van der Waals surface area contributed by atoms with Crippen LogP contribution in [0.25, 0.3) is 10.9 Å². The molecule has 0 aliphatic carbocycles. The van der Waals surface area contributed by atoms with Crippen molar-refractivity contribution in [3.8, 4) is 5.75 Å². The van der Waals surface area contributed by atoms with Gasteiger partial charge in [0.05, 0.1) is 12.1 Å². The molecule has 1 aliphatic rings. The highest BCUT2D eigenvalue weighted by atomic mass is 16.5. The monoisotopic (exact) mass is 333 g/mol. The van der Waals surface area contributed by atoms with E-state index in [0.717, 1.165) is 36.0 Å². The molecule has 0 radical (unpaired) electrons. The summed E-state index contributed by atoms with van der Waals surface area (Å²) in [5.41, 5.74) is 1.33. The van der Waals surface area contributed by atoms with E-state index in [-0.39, 0.29) is 12.0 Å². The number of fused-ring (bicyclic) bond motifs is 1. The highest BCUT2D eigenvalue weighted by Crippen LogP contribution is 2.20. The van der Waals surface area contributed by atoms with Gasteiger partial charge in [0.15, 0.2) is 0 Å². The molecule has 5 heteroatoms. The maximum atomic E-state index is 12.8. The van der Waals surface area contributed by atoms with Crippen LogP contribution in [0.1, 0.15) is 23.3 Å². The van der Waals surface area contributed by atoms with E-state index in [9.17, 15) is 4.79 Å². The largest absolute Gasteiger partial charge is 0.488 e. The molecule has 0 saturated carbocycles. The lowest BCUT2D eigenvalue weighted by Gasteiger charge is -2.32. The first-order valence-electron chi connectivity index (χ1n) is 8.51. The standard InChI is InChI=1S/C20H19N3O2/c24-20(19-8-7-15-4-1-2-6-18(15)22-19)23-13-3-5-17(14-23)25-16-9-11-21-12-10-16/h1-2,4,6-12,17H,3,5,13-14H2. The van der Waals surface area contributed by atoms with Crippen LogP contribution in [0.5, 0.6) is 5.75 Å². The fourth-order valence-electron chi connectivity index (χ4n) is 3.18. The average Bonchev–Trinajstić information content (AvgIpc) is 2.68. The summed E-state index contributed by atoms with van der Waals surface area (Å²) in [6.07, 6.45) is 5.28. The van der Waals surface area contributed by atoms with Crippen LogP contribution in [0.3, 0.4) is 0 Å². The number of rotatable bonds is 3. The molecule has 5 nitrogen and oxygen atoms in total. The van der Waals surface area contributed by atoms with Crippen LogP contribution in [-0.2, 0) is 0 Å². The summed E-state index contributed by atoms with van der Waals surface area (Å²) >= 11 is 0. The molecule has 1 unspecified atom stereocenters. The molecule has 0 N–H and O–H groups in total. The highest BCUT2D eigenvalue weighted by Gasteiger charge is 2.26. The van der Waals surface area contributed by atoms with Gasteiger partial charge in [-0.15, -0.1) is 0 Å². The van der Waals surface area contributed by atoms with Crippen LogP contribution >= 0.6 is 0 Å². The van der Waals surface area contributed by atoms with Crippen molar-refractivity contribution in [3.63, 3.8) is 0 Å². The Morgan fingerprint density at radius 1 is 1.08 bits per heavy atom. The molecular formula is C20H19N3O2. The van der Waals surface area contributed by atoms with Crippen molar-refractivity contribution < 1.29 is 9.53 Å². The zero-order valence-electron chi connectivity index (χ0n) is 13.8. The van der Waals surface area contributed by atoms with Crippen molar-refractivity contribution in [2.45, 2.75) is 18.9 Å². The van der Waals surface area contributed by atoms with E-state index >= 15 is 0 Å². The van der Waals surface area contributed by atoms with Crippen molar-refractivity contribution in [2.75, 3.05) is 13.1 Å². The summed E-state index contributed by atoms with van der Waals surface area (Å²) in [7, 11) is 0. The quantitative estimate of drug-likeness (QED) is 0.738. The number of likely N-dealkylation sites (tertiary alicyclic amines) is 1. The molecular weight excluding hydrogens is 314 g/mol. The Kier molecular flexibility index (Phi) is 4.29. The minimum atomic E-state index is -0.0335. The topological polar surface area (TPSA) is 55.3 Å². The van der Waals surface area contributed by atoms with Crippen LogP contribution in [0.2, 0.25) is 0 Å². The highest BCUT2D eigenvalue weighted by molar-refractivity contribution is 5.95. The minimum absolute atomic E-state index is 0.000515. The van der Waals surface area contributed by atoms with Gasteiger partial charge >= 0.3 is 0 Å². The van der Waals surface area contributed by atoms with E-state index in [0.29, 0.717) is 12.2 Å². The van der Waals surface area contributed by atoms with Crippen LogP contribution in [0.4, 0.5) is 0 Å². The van der Waals surface area contributed by atoms with E-state index in [2.05, 4.69) is 9.97 Å². The van der Waals surface area contributed by atoms with Crippen LogP contribution < -0.4 is 4.74 Å². The molecule has 25 heavy (non-hydrogen) atoms. The fraction of sp³-hybridized carbons (Fsp3) is 0.250. The second kappa shape index (κ2) is 6.89. The first kappa shape index (κ1) is 15.6. The number of hydrogen-bond donors (Lipinski definition) is 0. The number of amides is 1. The molecule has 3 heterocycles. The number of ether oxygens (including phenoxy) is 1. The van der Waals surface area contributed by atoms with Gasteiger partial charge in [0, 0.05) is 24.3 Å². The maximum Gasteiger partial charge on any atom is 0.272 e. The number of para-hydroxylation sites is 1. The normalized spacial score (nSPS) is 17.4. The van der Waals surface area contributed by atoms with Crippen LogP contribution in [0.15, 0.2) is 60.9 Å². The number of aromatic nitrogens is 2. The van der Waals surface area contributed by atoms with Crippen molar-refractivity contribution in [3.05, 3.63) is 66.6 Å². The zero-order valence-corrected chi connectivity index (χ0v) is 13.8. The van der Waals surface area contributed by atoms with E-state index in [4.69, 9.17) is 4.74 Å². The van der Waals surface area contributed by atoms with Gasteiger partial charge in [-0.05, 0) is 37.1 Å². The van der Waals surface area contributed by atoms with Gasteiger partial charge in [0.25, 0.3) is 5.91 Å². The zero-order chi connectivity index (χ0) is 17.1. The van der Waals surface area contributed by atoms with Crippen LogP contribution in [-0.4, -0.2) is 40.0 Å². The predicted octanol–water partition coefficient (Wildman–Crippen LogP) is 3.31. The molecule has 0 spiro atoms. The first-order chi connectivity index (χ1) is 12.3. The van der Waals surface area contributed by atoms with Gasteiger partial charge in [0.1, 0.15) is 17.5 Å². The SMILES string of the molecule is O=C(c1ccc2ccccc2n1)N1CCCC(Oc2ccncc2)C1. The predicted molar refractivity (Wildman–Crippen MR) is 95.5 cm³/mol. The molecule has 1 atom stereocenters. The molecule has 1 fully saturated rings. The van der Waals surface area contributed by atoms with Gasteiger partial charge in [-0.1, -0.05) is 24.3 Å². The van der Waals surface area contributed by atoms with E-state index in [1.54, 1.807) is 18.5 Å². The summed E-state index contributed by atoms with van der Waals surface area (Å²) in [5, 5.41) is 1.04. The first-order valence-corrected chi connectivity index (χ1v) is 8.51. The van der Waals surface area contributed by atoms with E-state index in [1.165, 1.54) is 0 Å². The van der Waals surface area contributed by atoms with Gasteiger partial charge in [-0.2, -0.15) is 0 Å². The molecule has 2 aromatic heterocycles. The molecule has 0 bridgehead atoms. The lowest BCUT2D eigenvalue weighted by molar-refractivity contribution is 0.0533. The molecule has 1 amide bonds. The molecule has 1 aromatic carbocycles. The number of carbonyl (C=O) groups excluding carboxylic acids is 1. The number of benzene rings is 1. The molecule has 126 valence electrons. The van der Waals surface area contributed by atoms with Crippen molar-refractivity contribution in [1.29, 1.82) is 0 Å². The third-order valence-electron chi connectivity index (χ3n) is 4.44.